The molecule has 2 heterocycles. The summed E-state index contributed by atoms with van der Waals surface area (Å²) in [6.45, 7) is 5.81. The molecule has 1 aromatic heterocycles. The number of amides is 3. The first-order valence-electron chi connectivity index (χ1n) is 13.6. The van der Waals surface area contributed by atoms with E-state index in [1.54, 1.807) is 12.0 Å². The molecule has 1 aliphatic rings. The van der Waals surface area contributed by atoms with Gasteiger partial charge in [0.1, 0.15) is 12.3 Å². The third-order valence-corrected chi connectivity index (χ3v) is 6.84. The predicted molar refractivity (Wildman–Crippen MR) is 153 cm³/mol. The van der Waals surface area contributed by atoms with Crippen molar-refractivity contribution >= 4 is 17.8 Å². The average molecular weight is 531 g/mol. The molecule has 1 fully saturated rings. The van der Waals surface area contributed by atoms with Gasteiger partial charge in [0.15, 0.2) is 5.82 Å². The van der Waals surface area contributed by atoms with E-state index in [4.69, 9.17) is 4.74 Å². The van der Waals surface area contributed by atoms with Gasteiger partial charge < -0.3 is 24.8 Å². The van der Waals surface area contributed by atoms with Gasteiger partial charge in [0.2, 0.25) is 5.91 Å². The summed E-state index contributed by atoms with van der Waals surface area (Å²) in [6.07, 6.45) is 2.36. The van der Waals surface area contributed by atoms with Crippen LogP contribution in [0.4, 0.5) is 10.6 Å². The van der Waals surface area contributed by atoms with E-state index >= 15 is 0 Å². The lowest BCUT2D eigenvalue weighted by Crippen LogP contribution is -2.48. The molecule has 4 rings (SSSR count). The number of hydrogen-bond acceptors (Lipinski definition) is 6. The van der Waals surface area contributed by atoms with Crippen molar-refractivity contribution in [3.8, 4) is 17.0 Å². The van der Waals surface area contributed by atoms with Gasteiger partial charge in [0.25, 0.3) is 0 Å². The number of aromatic nitrogens is 2. The molecule has 0 atom stereocenters. The predicted octanol–water partition coefficient (Wildman–Crippen LogP) is 3.86. The van der Waals surface area contributed by atoms with Gasteiger partial charge in [-0.25, -0.2) is 4.79 Å². The highest BCUT2D eigenvalue weighted by molar-refractivity contribution is 5.84. The van der Waals surface area contributed by atoms with Gasteiger partial charge >= 0.3 is 6.03 Å². The molecule has 9 heteroatoms. The maximum Gasteiger partial charge on any atom is 0.317 e. The van der Waals surface area contributed by atoms with Gasteiger partial charge in [-0.1, -0.05) is 49.4 Å². The average Bonchev–Trinajstić information content (AvgIpc) is 3.25. The van der Waals surface area contributed by atoms with Crippen LogP contribution < -0.4 is 15.0 Å². The molecule has 0 spiro atoms. The van der Waals surface area contributed by atoms with Crippen LogP contribution >= 0.6 is 0 Å². The van der Waals surface area contributed by atoms with Crippen LogP contribution in [-0.2, 0) is 11.2 Å². The number of methoxy groups -OCH3 is 1. The molecular formula is C30H38N6O3. The maximum absolute atomic E-state index is 13.3. The Kier molecular flexibility index (Phi) is 10.1. The first kappa shape index (κ1) is 27.9. The molecule has 3 aromatic rings. The third kappa shape index (κ3) is 7.92. The van der Waals surface area contributed by atoms with Gasteiger partial charge in [0, 0.05) is 44.8 Å². The van der Waals surface area contributed by atoms with E-state index in [9.17, 15) is 9.59 Å². The van der Waals surface area contributed by atoms with E-state index < -0.39 is 0 Å². The standard InChI is InChI=1S/C30H38N6O3/c1-3-16-31-30(38)36(19-15-24-9-5-4-6-10-24)23-29(37)35-18-8-17-34(20-21-35)28-14-13-27(32-33-28)25-11-7-12-26(22-25)39-2/h4-7,9-14,22H,3,8,15-21,23H2,1-2H3,(H,31,38). The lowest BCUT2D eigenvalue weighted by Gasteiger charge is -2.27. The molecule has 0 unspecified atom stereocenters. The Labute approximate surface area is 230 Å². The normalized spacial score (nSPS) is 13.5. The smallest absolute Gasteiger partial charge is 0.317 e. The Balaban J connectivity index is 1.35. The fourth-order valence-electron chi connectivity index (χ4n) is 4.59. The molecule has 1 saturated heterocycles. The number of nitrogens with one attached hydrogen (secondary N) is 1. The highest BCUT2D eigenvalue weighted by Gasteiger charge is 2.24. The summed E-state index contributed by atoms with van der Waals surface area (Å²) in [5.74, 6) is 1.53. The Hall–Kier alpha value is -4.14. The number of carbonyl (C=O) groups excluding carboxylic acids is 2. The molecule has 0 saturated carbocycles. The van der Waals surface area contributed by atoms with Crippen LogP contribution in [0.1, 0.15) is 25.3 Å². The minimum Gasteiger partial charge on any atom is -0.497 e. The van der Waals surface area contributed by atoms with E-state index in [2.05, 4.69) is 20.4 Å². The van der Waals surface area contributed by atoms with Crippen LogP contribution in [0.15, 0.2) is 66.7 Å². The number of benzene rings is 2. The molecule has 2 aromatic carbocycles. The van der Waals surface area contributed by atoms with Crippen LogP contribution in [0.3, 0.4) is 0 Å². The number of ether oxygens (including phenoxy) is 1. The highest BCUT2D eigenvalue weighted by Crippen LogP contribution is 2.23. The van der Waals surface area contributed by atoms with Gasteiger partial charge in [0.05, 0.1) is 12.8 Å². The van der Waals surface area contributed by atoms with Crippen molar-refractivity contribution < 1.29 is 14.3 Å². The number of urea groups is 1. The molecule has 9 nitrogen and oxygen atoms in total. The summed E-state index contributed by atoms with van der Waals surface area (Å²) in [7, 11) is 1.64. The summed E-state index contributed by atoms with van der Waals surface area (Å²) < 4.78 is 5.31. The van der Waals surface area contributed by atoms with Crippen LogP contribution in [0.25, 0.3) is 11.3 Å². The Bertz CT molecular complexity index is 1200. The second-order valence-electron chi connectivity index (χ2n) is 9.62. The number of rotatable bonds is 10. The first-order valence-corrected chi connectivity index (χ1v) is 13.6. The van der Waals surface area contributed by atoms with Crippen LogP contribution in [0, 0.1) is 0 Å². The molecule has 3 amide bonds. The second kappa shape index (κ2) is 14.1. The molecule has 0 aliphatic carbocycles. The zero-order valence-corrected chi connectivity index (χ0v) is 22.9. The second-order valence-corrected chi connectivity index (χ2v) is 9.62. The minimum absolute atomic E-state index is 0.0315. The Morgan fingerprint density at radius 2 is 1.82 bits per heavy atom. The van der Waals surface area contributed by atoms with E-state index in [-0.39, 0.29) is 18.5 Å². The van der Waals surface area contributed by atoms with Crippen molar-refractivity contribution in [1.82, 2.24) is 25.3 Å². The van der Waals surface area contributed by atoms with Crippen molar-refractivity contribution in [2.75, 3.05) is 57.8 Å². The molecule has 39 heavy (non-hydrogen) atoms. The third-order valence-electron chi connectivity index (χ3n) is 6.84. The summed E-state index contributed by atoms with van der Waals surface area (Å²) in [5.41, 5.74) is 2.87. The summed E-state index contributed by atoms with van der Waals surface area (Å²) in [4.78, 5) is 31.8. The number of nitrogens with zero attached hydrogens (tertiary/aromatic N) is 5. The number of carbonyl (C=O) groups is 2. The summed E-state index contributed by atoms with van der Waals surface area (Å²) >= 11 is 0. The van der Waals surface area contributed by atoms with Gasteiger partial charge in [-0.2, -0.15) is 0 Å². The molecule has 206 valence electrons. The topological polar surface area (TPSA) is 90.9 Å². The van der Waals surface area contributed by atoms with E-state index in [1.165, 1.54) is 0 Å². The van der Waals surface area contributed by atoms with Gasteiger partial charge in [-0.15, -0.1) is 10.2 Å². The van der Waals surface area contributed by atoms with E-state index in [1.807, 2.05) is 78.6 Å². The van der Waals surface area contributed by atoms with Crippen molar-refractivity contribution in [1.29, 1.82) is 0 Å². The SMILES string of the molecule is CCCNC(=O)N(CCc1ccccc1)CC(=O)N1CCCN(c2ccc(-c3cccc(OC)c3)nn2)CC1. The highest BCUT2D eigenvalue weighted by atomic mass is 16.5. The summed E-state index contributed by atoms with van der Waals surface area (Å²) in [5, 5.41) is 11.8. The quantitative estimate of drug-likeness (QED) is 0.428. The lowest BCUT2D eigenvalue weighted by atomic mass is 10.1. The van der Waals surface area contributed by atoms with Crippen molar-refractivity contribution in [3.63, 3.8) is 0 Å². The molecular weight excluding hydrogens is 492 g/mol. The number of hydrogen-bond donors (Lipinski definition) is 1. The zero-order chi connectivity index (χ0) is 27.5. The van der Waals surface area contributed by atoms with Crippen molar-refractivity contribution in [2.45, 2.75) is 26.2 Å². The fourth-order valence-corrected chi connectivity index (χ4v) is 4.59. The molecule has 0 bridgehead atoms. The van der Waals surface area contributed by atoms with Gasteiger partial charge in [-0.05, 0) is 49.1 Å². The molecule has 0 radical (unpaired) electrons. The minimum atomic E-state index is -0.191. The van der Waals surface area contributed by atoms with Crippen LogP contribution in [-0.4, -0.2) is 84.9 Å². The van der Waals surface area contributed by atoms with Crippen LogP contribution in [0.2, 0.25) is 0 Å². The van der Waals surface area contributed by atoms with Gasteiger partial charge in [-0.3, -0.25) is 4.79 Å². The molecule has 1 aliphatic heterocycles. The van der Waals surface area contributed by atoms with Crippen LogP contribution in [0.5, 0.6) is 5.75 Å². The van der Waals surface area contributed by atoms with Crippen molar-refractivity contribution in [3.05, 3.63) is 72.3 Å². The Morgan fingerprint density at radius 1 is 0.974 bits per heavy atom. The maximum atomic E-state index is 13.3. The summed E-state index contributed by atoms with van der Waals surface area (Å²) in [6, 6.07) is 21.5. The Morgan fingerprint density at radius 3 is 2.56 bits per heavy atom. The van der Waals surface area contributed by atoms with E-state index in [0.717, 1.165) is 47.8 Å². The largest absolute Gasteiger partial charge is 0.497 e. The zero-order valence-electron chi connectivity index (χ0n) is 22.9. The molecule has 1 N–H and O–H groups in total. The monoisotopic (exact) mass is 530 g/mol. The van der Waals surface area contributed by atoms with E-state index in [0.29, 0.717) is 39.1 Å². The first-order chi connectivity index (χ1) is 19.1. The van der Waals surface area contributed by atoms with Crippen molar-refractivity contribution in [2.24, 2.45) is 0 Å². The number of anilines is 1. The lowest BCUT2D eigenvalue weighted by molar-refractivity contribution is -0.131. The fraction of sp³-hybridized carbons (Fsp3) is 0.400.